The largest absolute Gasteiger partial charge is 0.495 e. The number of imidazole rings is 1. The number of hydrogen-bond donors (Lipinski definition) is 1. The second kappa shape index (κ2) is 12.0. The van der Waals surface area contributed by atoms with Crippen LogP contribution in [0.1, 0.15) is 43.6 Å². The summed E-state index contributed by atoms with van der Waals surface area (Å²) in [6, 6.07) is 10.7. The molecule has 210 valence electrons. The van der Waals surface area contributed by atoms with Crippen LogP contribution in [0.4, 0.5) is 9.18 Å². The zero-order valence-corrected chi connectivity index (χ0v) is 24.1. The highest BCUT2D eigenvalue weighted by Gasteiger charge is 2.37. The minimum absolute atomic E-state index is 0.0337. The number of amidine groups is 1. The summed E-state index contributed by atoms with van der Waals surface area (Å²) in [4.78, 5) is 36.6. The molecule has 0 bridgehead atoms. The molecule has 40 heavy (non-hydrogen) atoms. The molecule has 2 amide bonds. The van der Waals surface area contributed by atoms with Crippen molar-refractivity contribution in [1.82, 2.24) is 19.8 Å². The van der Waals surface area contributed by atoms with Gasteiger partial charge in [-0.2, -0.15) is 0 Å². The number of thioether (sulfide) groups is 1. The zero-order chi connectivity index (χ0) is 29.0. The smallest absolute Gasteiger partial charge is 0.407 e. The van der Waals surface area contributed by atoms with E-state index in [0.29, 0.717) is 16.5 Å². The lowest BCUT2D eigenvalue weighted by Gasteiger charge is -2.29. The van der Waals surface area contributed by atoms with E-state index in [1.165, 1.54) is 28.8 Å². The summed E-state index contributed by atoms with van der Waals surface area (Å²) in [5.74, 6) is -0.148. The number of ether oxygens (including phenoxy) is 2. The second-order valence-electron chi connectivity index (χ2n) is 10.1. The van der Waals surface area contributed by atoms with Crippen molar-refractivity contribution in [3.8, 4) is 11.4 Å². The maximum Gasteiger partial charge on any atom is 0.407 e. The normalized spacial score (nSPS) is 15.3. The lowest BCUT2D eigenvalue weighted by molar-refractivity contribution is -0.124. The highest BCUT2D eigenvalue weighted by molar-refractivity contribution is 8.13. The molecule has 1 unspecified atom stereocenters. The van der Waals surface area contributed by atoms with Gasteiger partial charge in [0, 0.05) is 12.7 Å². The molecular formula is C29H32FN5O4S. The van der Waals surface area contributed by atoms with Crippen LogP contribution in [-0.2, 0) is 9.53 Å². The van der Waals surface area contributed by atoms with Gasteiger partial charge in [0.15, 0.2) is 5.17 Å². The number of rotatable bonds is 7. The molecule has 3 aromatic rings. The van der Waals surface area contributed by atoms with E-state index in [9.17, 15) is 14.0 Å². The first-order chi connectivity index (χ1) is 19.0. The van der Waals surface area contributed by atoms with Crippen LogP contribution in [0.5, 0.6) is 5.75 Å². The lowest BCUT2D eigenvalue weighted by atomic mass is 10.0. The summed E-state index contributed by atoms with van der Waals surface area (Å²) in [6.07, 6.45) is 6.48. The number of alkyl carbamates (subject to hydrolysis) is 1. The maximum atomic E-state index is 13.7. The van der Waals surface area contributed by atoms with Crippen LogP contribution in [0.3, 0.4) is 0 Å². The standard InChI is InChI=1S/C29H32FN5O4S/c1-18-16-34(17-32-18)23-12-7-19(14-25(23)38-5)13-22-26(36)35(27(33-22)40-6)24(20-8-10-21(30)11-9-20)15-31-28(37)39-29(2,3)4/h7-14,16-17,24H,15H2,1-6H3,(H,31,37)/b22-13-. The molecule has 1 aliphatic heterocycles. The van der Waals surface area contributed by atoms with E-state index in [1.54, 1.807) is 52.4 Å². The van der Waals surface area contributed by atoms with Crippen molar-refractivity contribution < 1.29 is 23.5 Å². The van der Waals surface area contributed by atoms with E-state index in [4.69, 9.17) is 9.47 Å². The summed E-state index contributed by atoms with van der Waals surface area (Å²) < 4.78 is 26.6. The van der Waals surface area contributed by atoms with Gasteiger partial charge in [0.25, 0.3) is 5.91 Å². The van der Waals surface area contributed by atoms with Gasteiger partial charge in [0.2, 0.25) is 0 Å². The first-order valence-corrected chi connectivity index (χ1v) is 13.8. The Bertz CT molecular complexity index is 1460. The molecule has 2 heterocycles. The second-order valence-corrected chi connectivity index (χ2v) is 10.9. The highest BCUT2D eigenvalue weighted by atomic mass is 32.2. The van der Waals surface area contributed by atoms with Crippen LogP contribution in [0.25, 0.3) is 11.8 Å². The van der Waals surface area contributed by atoms with Crippen molar-refractivity contribution in [2.45, 2.75) is 39.3 Å². The number of benzene rings is 2. The van der Waals surface area contributed by atoms with Crippen LogP contribution in [0.2, 0.25) is 0 Å². The quantitative estimate of drug-likeness (QED) is 0.380. The molecule has 0 radical (unpaired) electrons. The number of aliphatic imine (C=N–C) groups is 1. The molecule has 1 aromatic heterocycles. The van der Waals surface area contributed by atoms with E-state index in [2.05, 4.69) is 15.3 Å². The number of methoxy groups -OCH3 is 1. The minimum Gasteiger partial charge on any atom is -0.495 e. The molecule has 4 rings (SSSR count). The summed E-state index contributed by atoms with van der Waals surface area (Å²) in [5.41, 5.74) is 2.58. The molecule has 1 N–H and O–H groups in total. The van der Waals surface area contributed by atoms with Crippen LogP contribution in [0.15, 0.2) is 65.7 Å². The number of halogens is 1. The Morgan fingerprint density at radius 2 is 1.93 bits per heavy atom. The number of nitrogens with one attached hydrogen (secondary N) is 1. The molecule has 2 aromatic carbocycles. The molecule has 0 saturated heterocycles. The van der Waals surface area contributed by atoms with Gasteiger partial charge in [-0.3, -0.25) is 9.69 Å². The molecule has 1 aliphatic rings. The van der Waals surface area contributed by atoms with E-state index >= 15 is 0 Å². The van der Waals surface area contributed by atoms with E-state index in [1.807, 2.05) is 42.1 Å². The fraction of sp³-hybridized carbons (Fsp3) is 0.310. The third kappa shape index (κ3) is 6.71. The first kappa shape index (κ1) is 28.9. The van der Waals surface area contributed by atoms with Crippen molar-refractivity contribution in [1.29, 1.82) is 0 Å². The molecule has 0 fully saturated rings. The number of aromatic nitrogens is 2. The predicted molar refractivity (Wildman–Crippen MR) is 154 cm³/mol. The number of nitrogens with zero attached hydrogens (tertiary/aromatic N) is 4. The number of carbonyl (C=O) groups is 2. The van der Waals surface area contributed by atoms with Crippen molar-refractivity contribution in [2.24, 2.45) is 4.99 Å². The van der Waals surface area contributed by atoms with Gasteiger partial charge in [0.1, 0.15) is 22.9 Å². The van der Waals surface area contributed by atoms with Crippen molar-refractivity contribution >= 4 is 35.0 Å². The van der Waals surface area contributed by atoms with Gasteiger partial charge >= 0.3 is 6.09 Å². The third-order valence-electron chi connectivity index (χ3n) is 5.94. The predicted octanol–water partition coefficient (Wildman–Crippen LogP) is 5.50. The van der Waals surface area contributed by atoms with Crippen molar-refractivity contribution in [3.05, 3.63) is 83.3 Å². The monoisotopic (exact) mass is 565 g/mol. The molecule has 0 spiro atoms. The SMILES string of the molecule is COc1cc(/C=C2\N=C(SC)N(C(CNC(=O)OC(C)(C)C)c3ccc(F)cc3)C2=O)ccc1-n1cnc(C)c1. The molecule has 9 nitrogen and oxygen atoms in total. The van der Waals surface area contributed by atoms with Gasteiger partial charge in [-0.25, -0.2) is 19.2 Å². The summed E-state index contributed by atoms with van der Waals surface area (Å²) >= 11 is 1.30. The highest BCUT2D eigenvalue weighted by Crippen LogP contribution is 2.33. The van der Waals surface area contributed by atoms with Crippen LogP contribution in [0, 0.1) is 12.7 Å². The van der Waals surface area contributed by atoms with Crippen LogP contribution >= 0.6 is 11.8 Å². The van der Waals surface area contributed by atoms with Crippen molar-refractivity contribution in [3.63, 3.8) is 0 Å². The Morgan fingerprint density at radius 1 is 1.20 bits per heavy atom. The Hall–Kier alpha value is -4.12. The summed E-state index contributed by atoms with van der Waals surface area (Å²) in [6.45, 7) is 7.24. The molecular weight excluding hydrogens is 533 g/mol. The van der Waals surface area contributed by atoms with Crippen LogP contribution in [-0.4, -0.2) is 57.1 Å². The van der Waals surface area contributed by atoms with Gasteiger partial charge in [-0.15, -0.1) is 0 Å². The average molecular weight is 566 g/mol. The number of amides is 2. The molecule has 11 heteroatoms. The summed E-state index contributed by atoms with van der Waals surface area (Å²) in [7, 11) is 1.58. The third-order valence-corrected chi connectivity index (χ3v) is 6.60. The number of aryl methyl sites for hydroxylation is 1. The Labute approximate surface area is 237 Å². The average Bonchev–Trinajstić information content (AvgIpc) is 3.47. The fourth-order valence-electron chi connectivity index (χ4n) is 4.17. The van der Waals surface area contributed by atoms with Gasteiger partial charge in [-0.05, 0) is 75.4 Å². The van der Waals surface area contributed by atoms with E-state index in [0.717, 1.165) is 16.9 Å². The van der Waals surface area contributed by atoms with Gasteiger partial charge in [0.05, 0.1) is 30.9 Å². The first-order valence-electron chi connectivity index (χ1n) is 12.6. The van der Waals surface area contributed by atoms with Gasteiger partial charge in [-0.1, -0.05) is 30.0 Å². The number of carbonyl (C=O) groups excluding carboxylic acids is 2. The van der Waals surface area contributed by atoms with E-state index < -0.39 is 23.6 Å². The van der Waals surface area contributed by atoms with E-state index in [-0.39, 0.29) is 18.1 Å². The Balaban J connectivity index is 1.65. The Morgan fingerprint density at radius 3 is 2.52 bits per heavy atom. The lowest BCUT2D eigenvalue weighted by Crippen LogP contribution is -2.42. The minimum atomic E-state index is -0.686. The Kier molecular flexibility index (Phi) is 8.63. The molecule has 0 saturated carbocycles. The molecule has 0 aliphatic carbocycles. The van der Waals surface area contributed by atoms with Gasteiger partial charge < -0.3 is 19.4 Å². The fourth-order valence-corrected chi connectivity index (χ4v) is 4.77. The zero-order valence-electron chi connectivity index (χ0n) is 23.3. The topological polar surface area (TPSA) is 98.0 Å². The number of hydrogen-bond acceptors (Lipinski definition) is 7. The maximum absolute atomic E-state index is 13.7. The molecule has 1 atom stereocenters. The van der Waals surface area contributed by atoms with Crippen molar-refractivity contribution in [2.75, 3.05) is 19.9 Å². The van der Waals surface area contributed by atoms with Crippen LogP contribution < -0.4 is 10.1 Å². The summed E-state index contributed by atoms with van der Waals surface area (Å²) in [5, 5.41) is 3.19.